The minimum atomic E-state index is -3.41. The van der Waals surface area contributed by atoms with Crippen LogP contribution < -0.4 is 0 Å². The van der Waals surface area contributed by atoms with Crippen LogP contribution in [0.25, 0.3) is 0 Å². The minimum Gasteiger partial charge on any atom is -0.379 e. The molecule has 0 aromatic heterocycles. The zero-order valence-corrected chi connectivity index (χ0v) is 16.2. The number of benzene rings is 1. The van der Waals surface area contributed by atoms with E-state index in [1.807, 2.05) is 18.2 Å². The van der Waals surface area contributed by atoms with Gasteiger partial charge in [0.15, 0.2) is 0 Å². The highest BCUT2D eigenvalue weighted by atomic mass is 32.2. The Hall–Kier alpha value is -0.950. The largest absolute Gasteiger partial charge is 0.379 e. The maximum atomic E-state index is 12.8. The van der Waals surface area contributed by atoms with Crippen LogP contribution in [0.4, 0.5) is 0 Å². The van der Waals surface area contributed by atoms with Crippen LogP contribution in [0.5, 0.6) is 0 Å². The summed E-state index contributed by atoms with van der Waals surface area (Å²) in [5.41, 5.74) is 1.08. The maximum Gasteiger partial charge on any atom is 0.243 e. The van der Waals surface area contributed by atoms with E-state index in [1.165, 1.54) is 17.1 Å². The number of sulfonamides is 1. The molecule has 1 aromatic rings. The van der Waals surface area contributed by atoms with E-state index in [0.29, 0.717) is 31.2 Å². The summed E-state index contributed by atoms with van der Waals surface area (Å²) in [5, 5.41) is 0. The molecule has 1 aromatic carbocycles. The van der Waals surface area contributed by atoms with Gasteiger partial charge in [-0.2, -0.15) is 4.31 Å². The van der Waals surface area contributed by atoms with E-state index < -0.39 is 10.0 Å². The van der Waals surface area contributed by atoms with Gasteiger partial charge in [-0.15, -0.1) is 0 Å². The average molecular weight is 367 g/mol. The van der Waals surface area contributed by atoms with Gasteiger partial charge in [-0.25, -0.2) is 8.42 Å². The van der Waals surface area contributed by atoms with Gasteiger partial charge in [0.2, 0.25) is 10.0 Å². The molecule has 3 rings (SSSR count). The normalized spacial score (nSPS) is 21.7. The van der Waals surface area contributed by atoms with Crippen LogP contribution in [-0.4, -0.2) is 57.0 Å². The molecule has 0 radical (unpaired) electrons. The summed E-state index contributed by atoms with van der Waals surface area (Å²) >= 11 is 0. The third-order valence-electron chi connectivity index (χ3n) is 5.49. The van der Waals surface area contributed by atoms with Crippen molar-refractivity contribution in [2.75, 3.05) is 39.4 Å². The van der Waals surface area contributed by atoms with Gasteiger partial charge in [-0.1, -0.05) is 26.0 Å². The fourth-order valence-corrected chi connectivity index (χ4v) is 5.26. The van der Waals surface area contributed by atoms with Gasteiger partial charge in [-0.3, -0.25) is 4.90 Å². The lowest BCUT2D eigenvalue weighted by Gasteiger charge is -2.34. The summed E-state index contributed by atoms with van der Waals surface area (Å²) in [4.78, 5) is 2.85. The first-order chi connectivity index (χ1) is 12.0. The summed E-state index contributed by atoms with van der Waals surface area (Å²) in [5.74, 6) is 1.58. The number of rotatable bonds is 5. The van der Waals surface area contributed by atoms with Crippen LogP contribution >= 0.6 is 0 Å². The Kier molecular flexibility index (Phi) is 6.15. The van der Waals surface area contributed by atoms with Crippen LogP contribution in [0.15, 0.2) is 29.2 Å². The number of nitrogens with zero attached hydrogens (tertiary/aromatic N) is 2. The Balaban J connectivity index is 1.65. The molecule has 25 heavy (non-hydrogen) atoms. The van der Waals surface area contributed by atoms with E-state index in [4.69, 9.17) is 4.74 Å². The molecule has 2 aliphatic heterocycles. The van der Waals surface area contributed by atoms with Crippen LogP contribution in [0.2, 0.25) is 0 Å². The van der Waals surface area contributed by atoms with Gasteiger partial charge < -0.3 is 4.74 Å². The van der Waals surface area contributed by atoms with Crippen molar-refractivity contribution in [1.29, 1.82) is 0 Å². The van der Waals surface area contributed by atoms with Crippen molar-refractivity contribution in [3.05, 3.63) is 29.8 Å². The summed E-state index contributed by atoms with van der Waals surface area (Å²) in [6.45, 7) is 9.47. The summed E-state index contributed by atoms with van der Waals surface area (Å²) in [6.07, 6.45) is 2.48. The second-order valence-corrected chi connectivity index (χ2v) is 9.46. The topological polar surface area (TPSA) is 49.9 Å². The van der Waals surface area contributed by atoms with Crippen molar-refractivity contribution in [2.24, 2.45) is 11.8 Å². The van der Waals surface area contributed by atoms with Gasteiger partial charge >= 0.3 is 0 Å². The lowest BCUT2D eigenvalue weighted by atomic mass is 9.86. The third kappa shape index (κ3) is 4.61. The molecular formula is C19H30N2O3S. The summed E-state index contributed by atoms with van der Waals surface area (Å²) in [6, 6.07) is 7.45. The maximum absolute atomic E-state index is 12.8. The Morgan fingerprint density at radius 1 is 1.12 bits per heavy atom. The molecule has 0 unspecified atom stereocenters. The molecule has 0 atom stereocenters. The summed E-state index contributed by atoms with van der Waals surface area (Å²) < 4.78 is 32.4. The highest BCUT2D eigenvalue weighted by Crippen LogP contribution is 2.26. The van der Waals surface area contributed by atoms with Crippen molar-refractivity contribution >= 4 is 10.0 Å². The number of likely N-dealkylation sites (tertiary alicyclic amines) is 1. The Morgan fingerprint density at radius 3 is 2.44 bits per heavy atom. The molecule has 6 heteroatoms. The molecule has 2 saturated heterocycles. The molecule has 140 valence electrons. The second kappa shape index (κ2) is 8.16. The molecule has 5 nitrogen and oxygen atoms in total. The van der Waals surface area contributed by atoms with Crippen molar-refractivity contribution < 1.29 is 13.2 Å². The van der Waals surface area contributed by atoms with Crippen LogP contribution in [-0.2, 0) is 21.3 Å². The van der Waals surface area contributed by atoms with Gasteiger partial charge in [0.05, 0.1) is 18.1 Å². The summed E-state index contributed by atoms with van der Waals surface area (Å²) in [7, 11) is -3.41. The first-order valence-corrected chi connectivity index (χ1v) is 10.8. The molecule has 2 aliphatic rings. The Morgan fingerprint density at radius 2 is 1.80 bits per heavy atom. The van der Waals surface area contributed by atoms with Crippen LogP contribution in [0.3, 0.4) is 0 Å². The van der Waals surface area contributed by atoms with Crippen molar-refractivity contribution in [1.82, 2.24) is 9.21 Å². The average Bonchev–Trinajstić information content (AvgIpc) is 2.63. The molecule has 0 amide bonds. The molecular weight excluding hydrogens is 336 g/mol. The van der Waals surface area contributed by atoms with Gasteiger partial charge in [0.1, 0.15) is 0 Å². The molecule has 0 N–H and O–H groups in total. The number of hydrogen-bond donors (Lipinski definition) is 0. The number of piperidine rings is 1. The molecule has 2 fully saturated rings. The van der Waals surface area contributed by atoms with E-state index in [-0.39, 0.29) is 0 Å². The second-order valence-electron chi connectivity index (χ2n) is 7.52. The monoisotopic (exact) mass is 366 g/mol. The molecule has 0 aliphatic carbocycles. The molecule has 0 spiro atoms. The van der Waals surface area contributed by atoms with E-state index >= 15 is 0 Å². The zero-order chi connectivity index (χ0) is 17.9. The van der Waals surface area contributed by atoms with Gasteiger partial charge in [0.25, 0.3) is 0 Å². The highest BCUT2D eigenvalue weighted by molar-refractivity contribution is 7.89. The van der Waals surface area contributed by atoms with Crippen LogP contribution in [0, 0.1) is 11.8 Å². The fourth-order valence-electron chi connectivity index (χ4n) is 3.78. The van der Waals surface area contributed by atoms with E-state index in [2.05, 4.69) is 18.7 Å². The minimum absolute atomic E-state index is 0.406. The third-order valence-corrected chi connectivity index (χ3v) is 7.38. The molecule has 2 heterocycles. The standard InChI is InChI=1S/C19H30N2O3S/c1-16(2)18-6-8-20(9-7-18)15-17-4-3-5-19(14-17)25(22,23)21-10-12-24-13-11-21/h3-5,14,16,18H,6-13,15H2,1-2H3. The smallest absolute Gasteiger partial charge is 0.243 e. The van der Waals surface area contributed by atoms with Crippen LogP contribution in [0.1, 0.15) is 32.3 Å². The van der Waals surface area contributed by atoms with Crippen molar-refractivity contribution in [2.45, 2.75) is 38.1 Å². The van der Waals surface area contributed by atoms with Gasteiger partial charge in [0, 0.05) is 19.6 Å². The number of morpholine rings is 1. The first-order valence-electron chi connectivity index (χ1n) is 9.36. The first kappa shape index (κ1) is 18.8. The number of ether oxygens (including phenoxy) is 1. The van der Waals surface area contributed by atoms with E-state index in [1.54, 1.807) is 6.07 Å². The highest BCUT2D eigenvalue weighted by Gasteiger charge is 2.27. The molecule has 0 saturated carbocycles. The van der Waals surface area contributed by atoms with Gasteiger partial charge in [-0.05, 0) is 55.5 Å². The van der Waals surface area contributed by atoms with Crippen molar-refractivity contribution in [3.63, 3.8) is 0 Å². The van der Waals surface area contributed by atoms with E-state index in [0.717, 1.165) is 37.0 Å². The quantitative estimate of drug-likeness (QED) is 0.804. The Labute approximate surface area is 152 Å². The number of hydrogen-bond acceptors (Lipinski definition) is 4. The zero-order valence-electron chi connectivity index (χ0n) is 15.4. The SMILES string of the molecule is CC(C)C1CCN(Cc2cccc(S(=O)(=O)N3CCOCC3)c2)CC1. The lowest BCUT2D eigenvalue weighted by Crippen LogP contribution is -2.40. The van der Waals surface area contributed by atoms with E-state index in [9.17, 15) is 8.42 Å². The Bertz CT molecular complexity index is 661. The molecule has 0 bridgehead atoms. The predicted octanol–water partition coefficient (Wildman–Crippen LogP) is 2.58. The van der Waals surface area contributed by atoms with Crippen molar-refractivity contribution in [3.8, 4) is 0 Å². The predicted molar refractivity (Wildman–Crippen MR) is 98.9 cm³/mol. The lowest BCUT2D eigenvalue weighted by molar-refractivity contribution is 0.0730. The fraction of sp³-hybridized carbons (Fsp3) is 0.684.